The third kappa shape index (κ3) is 2.29. The fraction of sp³-hybridized carbons (Fsp3) is 0.417. The van der Waals surface area contributed by atoms with Gasteiger partial charge in [0.05, 0.1) is 5.35 Å². The highest BCUT2D eigenvalue weighted by molar-refractivity contribution is 5.16. The lowest BCUT2D eigenvalue weighted by Gasteiger charge is -2.09. The van der Waals surface area contributed by atoms with Gasteiger partial charge < -0.3 is 10.4 Å². The fourth-order valence-corrected chi connectivity index (χ4v) is 1.70. The van der Waals surface area contributed by atoms with Crippen LogP contribution in [0.1, 0.15) is 25.3 Å². The molecule has 1 heterocycles. The first-order chi connectivity index (χ1) is 7.11. The normalized spacial score (nSPS) is 12.0. The molecular formula is C12H19N3. The van der Waals surface area contributed by atoms with Crippen molar-refractivity contribution < 1.29 is 0 Å². The topological polar surface area (TPSA) is 43.3 Å². The van der Waals surface area contributed by atoms with Crippen LogP contribution in [-0.2, 0) is 6.54 Å². The zero-order valence-electron chi connectivity index (χ0n) is 9.58. The lowest BCUT2D eigenvalue weighted by molar-refractivity contribution is 0.596. The van der Waals surface area contributed by atoms with Gasteiger partial charge in [-0.05, 0) is 25.0 Å². The van der Waals surface area contributed by atoms with Crippen molar-refractivity contribution in [3.05, 3.63) is 27.7 Å². The van der Waals surface area contributed by atoms with Crippen LogP contribution in [0.3, 0.4) is 0 Å². The predicted molar refractivity (Wildman–Crippen MR) is 64.1 cm³/mol. The highest BCUT2D eigenvalue weighted by atomic mass is 15.1. The van der Waals surface area contributed by atoms with Gasteiger partial charge in [-0.25, -0.2) is 0 Å². The molecule has 0 atom stereocenters. The summed E-state index contributed by atoms with van der Waals surface area (Å²) in [7, 11) is 0. The monoisotopic (exact) mass is 205 g/mol. The molecule has 1 rings (SSSR count). The Morgan fingerprint density at radius 2 is 2.13 bits per heavy atom. The Morgan fingerprint density at radius 3 is 2.67 bits per heavy atom. The molecule has 0 saturated heterocycles. The van der Waals surface area contributed by atoms with Gasteiger partial charge in [0.2, 0.25) is 0 Å². The van der Waals surface area contributed by atoms with Crippen molar-refractivity contribution in [3.8, 4) is 0 Å². The van der Waals surface area contributed by atoms with Gasteiger partial charge in [0.15, 0.2) is 0 Å². The van der Waals surface area contributed by atoms with Crippen LogP contribution in [0.4, 0.5) is 0 Å². The summed E-state index contributed by atoms with van der Waals surface area (Å²) in [5, 5.41) is 6.37. The molecule has 0 aromatic carbocycles. The second-order valence-corrected chi connectivity index (χ2v) is 3.75. The molecule has 0 aliphatic heterocycles. The minimum atomic E-state index is 0.776. The van der Waals surface area contributed by atoms with Crippen LogP contribution in [0.2, 0.25) is 0 Å². The summed E-state index contributed by atoms with van der Waals surface area (Å²) >= 11 is 0. The van der Waals surface area contributed by atoms with Crippen LogP contribution in [0, 0.1) is 6.92 Å². The van der Waals surface area contributed by atoms with E-state index in [1.165, 1.54) is 0 Å². The van der Waals surface area contributed by atoms with Crippen LogP contribution >= 0.6 is 0 Å². The fourth-order valence-electron chi connectivity index (χ4n) is 1.70. The number of rotatable bonds is 3. The summed E-state index contributed by atoms with van der Waals surface area (Å²) < 4.78 is 2.07. The number of unbranched alkanes of at least 4 members (excludes halogenated alkanes) is 1. The quantitative estimate of drug-likeness (QED) is 0.555. The highest BCUT2D eigenvalue weighted by Crippen LogP contribution is 1.88. The van der Waals surface area contributed by atoms with Crippen LogP contribution in [0.15, 0.2) is 11.2 Å². The lowest BCUT2D eigenvalue weighted by Crippen LogP contribution is -2.44. The maximum atomic E-state index is 5.35. The van der Waals surface area contributed by atoms with Crippen molar-refractivity contribution in [2.45, 2.75) is 33.2 Å². The molecule has 0 saturated carbocycles. The molecule has 0 amide bonds. The smallest absolute Gasteiger partial charge is 0.109 e. The summed E-state index contributed by atoms with van der Waals surface area (Å²) in [6, 6.07) is 2.00. The van der Waals surface area contributed by atoms with Crippen molar-refractivity contribution in [2.75, 3.05) is 0 Å². The van der Waals surface area contributed by atoms with Gasteiger partial charge in [0.25, 0.3) is 0 Å². The van der Waals surface area contributed by atoms with Crippen molar-refractivity contribution in [3.63, 3.8) is 0 Å². The second kappa shape index (κ2) is 4.82. The van der Waals surface area contributed by atoms with Crippen molar-refractivity contribution in [1.82, 2.24) is 4.57 Å². The van der Waals surface area contributed by atoms with Crippen molar-refractivity contribution >= 4 is 13.2 Å². The van der Waals surface area contributed by atoms with Gasteiger partial charge in [-0.15, -0.1) is 0 Å². The molecule has 0 radical (unpaired) electrons. The number of pyridine rings is 1. The van der Waals surface area contributed by atoms with E-state index in [9.17, 15) is 0 Å². The van der Waals surface area contributed by atoms with E-state index in [1.807, 2.05) is 13.0 Å². The third-order valence-corrected chi connectivity index (χ3v) is 2.57. The Hall–Kier alpha value is -1.51. The first-order valence-electron chi connectivity index (χ1n) is 5.24. The Balaban J connectivity index is 3.41. The molecule has 1 aromatic heterocycles. The minimum Gasteiger partial charge on any atom is -0.341 e. The van der Waals surface area contributed by atoms with E-state index in [-0.39, 0.29) is 0 Å². The maximum absolute atomic E-state index is 5.35. The molecule has 3 heteroatoms. The molecule has 2 N–H and O–H groups in total. The number of hydrogen-bond acceptors (Lipinski definition) is 2. The zero-order chi connectivity index (χ0) is 11.4. The van der Waals surface area contributed by atoms with Gasteiger partial charge in [-0.1, -0.05) is 26.5 Å². The summed E-state index contributed by atoms with van der Waals surface area (Å²) in [6.07, 6.45) is 2.26. The van der Waals surface area contributed by atoms with Gasteiger partial charge in [-0.3, -0.25) is 0 Å². The van der Waals surface area contributed by atoms with Crippen LogP contribution < -0.4 is 21.9 Å². The average Bonchev–Trinajstić information content (AvgIpc) is 2.17. The first-order valence-corrected chi connectivity index (χ1v) is 5.24. The van der Waals surface area contributed by atoms with Gasteiger partial charge in [-0.2, -0.15) is 5.10 Å². The summed E-state index contributed by atoms with van der Waals surface area (Å²) in [4.78, 5) is 0. The molecule has 0 fully saturated rings. The van der Waals surface area contributed by atoms with E-state index < -0.39 is 0 Å². The lowest BCUT2D eigenvalue weighted by atomic mass is 10.2. The molecule has 1 aromatic rings. The second-order valence-electron chi connectivity index (χ2n) is 3.75. The molecule has 3 nitrogen and oxygen atoms in total. The van der Waals surface area contributed by atoms with E-state index in [2.05, 4.69) is 29.8 Å². The summed E-state index contributed by atoms with van der Waals surface area (Å²) in [5.74, 6) is 5.35. The highest BCUT2D eigenvalue weighted by Gasteiger charge is 1.98. The molecule has 0 aliphatic rings. The Kier molecular flexibility index (Phi) is 3.72. The van der Waals surface area contributed by atoms with Gasteiger partial charge in [0, 0.05) is 11.9 Å². The maximum Gasteiger partial charge on any atom is 0.109 e. The number of hydrogen-bond donors (Lipinski definition) is 1. The Labute approximate surface area is 90.2 Å². The predicted octanol–water partition coefficient (Wildman–Crippen LogP) is 0.192. The van der Waals surface area contributed by atoms with E-state index in [1.54, 1.807) is 0 Å². The SMILES string of the molecule is C=c1cc(C)/c(=N/N)c(=C)n1CCCC. The molecule has 0 aliphatic carbocycles. The van der Waals surface area contributed by atoms with E-state index >= 15 is 0 Å². The number of nitrogens with zero attached hydrogens (tertiary/aromatic N) is 2. The van der Waals surface area contributed by atoms with Crippen LogP contribution in [-0.4, -0.2) is 4.57 Å². The molecule has 82 valence electrons. The summed E-state index contributed by atoms with van der Waals surface area (Å²) in [6.45, 7) is 13.1. The van der Waals surface area contributed by atoms with Crippen molar-refractivity contribution in [2.24, 2.45) is 10.9 Å². The Bertz CT molecular complexity index is 497. The zero-order valence-corrected chi connectivity index (χ0v) is 9.58. The van der Waals surface area contributed by atoms with Crippen LogP contribution in [0.5, 0.6) is 0 Å². The average molecular weight is 205 g/mol. The largest absolute Gasteiger partial charge is 0.341 e. The number of aryl methyl sites for hydroxylation is 1. The molecule has 0 spiro atoms. The molecule has 0 bridgehead atoms. The summed E-state index contributed by atoms with van der Waals surface area (Å²) in [5.41, 5.74) is 1.03. The van der Waals surface area contributed by atoms with Gasteiger partial charge in [0.1, 0.15) is 5.36 Å². The van der Waals surface area contributed by atoms with E-state index in [0.717, 1.165) is 41.0 Å². The van der Waals surface area contributed by atoms with Crippen LogP contribution in [0.25, 0.3) is 13.2 Å². The molecule has 0 unspecified atom stereocenters. The third-order valence-electron chi connectivity index (χ3n) is 2.57. The Morgan fingerprint density at radius 1 is 1.47 bits per heavy atom. The van der Waals surface area contributed by atoms with E-state index in [0.29, 0.717) is 0 Å². The number of nitrogens with two attached hydrogens (primary N) is 1. The molecular weight excluding hydrogens is 186 g/mol. The molecule has 15 heavy (non-hydrogen) atoms. The van der Waals surface area contributed by atoms with E-state index in [4.69, 9.17) is 5.84 Å². The first kappa shape index (κ1) is 11.6. The van der Waals surface area contributed by atoms with Crippen molar-refractivity contribution in [1.29, 1.82) is 0 Å². The van der Waals surface area contributed by atoms with Gasteiger partial charge >= 0.3 is 0 Å². The minimum absolute atomic E-state index is 0.776. The standard InChI is InChI=1S/C12H19N3/c1-5-6-7-15-10(3)8-9(2)12(14-13)11(15)4/h8H,3-7,13H2,1-2H3/b14-12-. The number of aromatic nitrogens is 1.